The first-order chi connectivity index (χ1) is 5.95. The van der Waals surface area contributed by atoms with E-state index in [9.17, 15) is 13.2 Å². The average molecular weight is 221 g/mol. The van der Waals surface area contributed by atoms with Crippen LogP contribution in [0.4, 0.5) is 0 Å². The lowest BCUT2D eigenvalue weighted by molar-refractivity contribution is 0.112. The Morgan fingerprint density at radius 3 is 2.46 bits per heavy atom. The van der Waals surface area contributed by atoms with Gasteiger partial charge >= 0.3 is 0 Å². The molecule has 1 rings (SSSR count). The van der Waals surface area contributed by atoms with Gasteiger partial charge in [-0.25, -0.2) is 8.42 Å². The van der Waals surface area contributed by atoms with Crippen LogP contribution in [-0.4, -0.2) is 19.8 Å². The Bertz CT molecular complexity index is 438. The number of aldehydes is 1. The average Bonchev–Trinajstić information content (AvgIpc) is 2.03. The number of carbonyl (C=O) groups is 1. The molecule has 0 aliphatic heterocycles. The summed E-state index contributed by atoms with van der Waals surface area (Å²) in [6.07, 6.45) is 0.348. The van der Waals surface area contributed by atoms with E-state index < -0.39 is 9.05 Å². The SMILES string of the molecule is O=Cc1cc(S(=O)(=O)Cl)ccc1O. The molecule has 1 N–H and O–H groups in total. The summed E-state index contributed by atoms with van der Waals surface area (Å²) in [5.74, 6) is -0.279. The molecule has 0 saturated carbocycles. The lowest BCUT2D eigenvalue weighted by atomic mass is 10.2. The first-order valence-corrected chi connectivity index (χ1v) is 5.49. The molecule has 1 aromatic carbocycles. The van der Waals surface area contributed by atoms with E-state index in [2.05, 4.69) is 0 Å². The van der Waals surface area contributed by atoms with Crippen LogP contribution in [0.2, 0.25) is 0 Å². The lowest BCUT2D eigenvalue weighted by Gasteiger charge is -1.99. The molecule has 4 nitrogen and oxygen atoms in total. The predicted octanol–water partition coefficient (Wildman–Crippen LogP) is 1.13. The van der Waals surface area contributed by atoms with Crippen molar-refractivity contribution in [2.45, 2.75) is 4.90 Å². The quantitative estimate of drug-likeness (QED) is 0.599. The van der Waals surface area contributed by atoms with Gasteiger partial charge in [-0.3, -0.25) is 4.79 Å². The van der Waals surface area contributed by atoms with Gasteiger partial charge in [0.15, 0.2) is 6.29 Å². The molecule has 0 fully saturated rings. The van der Waals surface area contributed by atoms with Gasteiger partial charge in [0.05, 0.1) is 10.5 Å². The van der Waals surface area contributed by atoms with Gasteiger partial charge in [0.1, 0.15) is 5.75 Å². The monoisotopic (exact) mass is 220 g/mol. The standard InChI is InChI=1S/C7H5ClO4S/c8-13(11,12)6-1-2-7(10)5(3-6)4-9/h1-4,10H. The van der Waals surface area contributed by atoms with E-state index in [0.717, 1.165) is 18.2 Å². The minimum absolute atomic E-state index is 0.110. The van der Waals surface area contributed by atoms with Crippen molar-refractivity contribution in [2.24, 2.45) is 0 Å². The number of hydrogen-bond acceptors (Lipinski definition) is 4. The van der Waals surface area contributed by atoms with Crippen LogP contribution in [0.15, 0.2) is 23.1 Å². The fourth-order valence-electron chi connectivity index (χ4n) is 0.779. The molecular weight excluding hydrogens is 216 g/mol. The summed E-state index contributed by atoms with van der Waals surface area (Å²) >= 11 is 0. The molecule has 0 saturated heterocycles. The number of hydrogen-bond donors (Lipinski definition) is 1. The largest absolute Gasteiger partial charge is 0.507 e. The van der Waals surface area contributed by atoms with Gasteiger partial charge in [-0.1, -0.05) is 0 Å². The molecule has 0 bridgehead atoms. The number of phenols is 1. The summed E-state index contributed by atoms with van der Waals surface area (Å²) in [7, 11) is 1.16. The van der Waals surface area contributed by atoms with Gasteiger partial charge < -0.3 is 5.11 Å². The zero-order chi connectivity index (χ0) is 10.1. The second-order valence-corrected chi connectivity index (χ2v) is 4.84. The van der Waals surface area contributed by atoms with Crippen LogP contribution in [0.1, 0.15) is 10.4 Å². The van der Waals surface area contributed by atoms with Crippen LogP contribution >= 0.6 is 10.7 Å². The van der Waals surface area contributed by atoms with E-state index in [0.29, 0.717) is 6.29 Å². The first-order valence-electron chi connectivity index (χ1n) is 3.18. The highest BCUT2D eigenvalue weighted by Crippen LogP contribution is 2.21. The number of phenolic OH excluding ortho intramolecular Hbond substituents is 1. The minimum atomic E-state index is -3.85. The molecule has 13 heavy (non-hydrogen) atoms. The second kappa shape index (κ2) is 3.35. The number of halogens is 1. The molecule has 70 valence electrons. The van der Waals surface area contributed by atoms with Gasteiger partial charge in [-0.05, 0) is 18.2 Å². The van der Waals surface area contributed by atoms with Gasteiger partial charge in [0, 0.05) is 10.7 Å². The highest BCUT2D eigenvalue weighted by Gasteiger charge is 2.11. The molecule has 0 spiro atoms. The molecule has 0 radical (unpaired) electrons. The van der Waals surface area contributed by atoms with Gasteiger partial charge in [-0.15, -0.1) is 0 Å². The predicted molar refractivity (Wildman–Crippen MR) is 46.5 cm³/mol. The summed E-state index contributed by atoms with van der Waals surface area (Å²) in [6, 6.07) is 3.22. The van der Waals surface area contributed by atoms with Crippen LogP contribution in [0, 0.1) is 0 Å². The van der Waals surface area contributed by atoms with E-state index in [1.165, 1.54) is 0 Å². The Kier molecular flexibility index (Phi) is 2.58. The normalized spacial score (nSPS) is 11.2. The summed E-state index contributed by atoms with van der Waals surface area (Å²) in [4.78, 5) is 10.1. The Balaban J connectivity index is 3.38. The Morgan fingerprint density at radius 1 is 1.38 bits per heavy atom. The molecule has 0 unspecified atom stereocenters. The number of rotatable bonds is 2. The number of carbonyl (C=O) groups excluding carboxylic acids is 1. The topological polar surface area (TPSA) is 71.4 Å². The smallest absolute Gasteiger partial charge is 0.261 e. The molecule has 0 heterocycles. The summed E-state index contributed by atoms with van der Waals surface area (Å²) in [6.45, 7) is 0. The third-order valence-corrected chi connectivity index (χ3v) is 2.76. The van der Waals surface area contributed by atoms with Crippen molar-refractivity contribution in [3.8, 4) is 5.75 Å². The minimum Gasteiger partial charge on any atom is -0.507 e. The third-order valence-electron chi connectivity index (χ3n) is 1.41. The summed E-state index contributed by atoms with van der Waals surface area (Å²) in [5.41, 5.74) is -0.110. The van der Waals surface area contributed by atoms with Crippen molar-refractivity contribution in [3.05, 3.63) is 23.8 Å². The van der Waals surface area contributed by atoms with Crippen molar-refractivity contribution in [3.63, 3.8) is 0 Å². The zero-order valence-corrected chi connectivity index (χ0v) is 7.84. The zero-order valence-electron chi connectivity index (χ0n) is 6.27. The maximum absolute atomic E-state index is 10.8. The Labute approximate surface area is 79.2 Å². The van der Waals surface area contributed by atoms with Crippen LogP contribution in [0.25, 0.3) is 0 Å². The highest BCUT2D eigenvalue weighted by molar-refractivity contribution is 8.13. The molecule has 0 aliphatic rings. The van der Waals surface area contributed by atoms with Crippen molar-refractivity contribution in [2.75, 3.05) is 0 Å². The fourth-order valence-corrected chi connectivity index (χ4v) is 1.56. The van der Waals surface area contributed by atoms with Crippen LogP contribution in [0.3, 0.4) is 0 Å². The van der Waals surface area contributed by atoms with E-state index in [1.54, 1.807) is 0 Å². The van der Waals surface area contributed by atoms with Crippen molar-refractivity contribution in [1.29, 1.82) is 0 Å². The van der Waals surface area contributed by atoms with Crippen LogP contribution in [-0.2, 0) is 9.05 Å². The maximum Gasteiger partial charge on any atom is 0.261 e. The molecule has 0 aromatic heterocycles. The molecular formula is C7H5ClO4S. The number of benzene rings is 1. The van der Waals surface area contributed by atoms with Gasteiger partial charge in [0.25, 0.3) is 9.05 Å². The van der Waals surface area contributed by atoms with Crippen LogP contribution in [0.5, 0.6) is 5.75 Å². The maximum atomic E-state index is 10.8. The lowest BCUT2D eigenvalue weighted by Crippen LogP contribution is -1.92. The number of aromatic hydroxyl groups is 1. The second-order valence-electron chi connectivity index (χ2n) is 2.28. The highest BCUT2D eigenvalue weighted by atomic mass is 35.7. The Morgan fingerprint density at radius 2 is 2.00 bits per heavy atom. The van der Waals surface area contributed by atoms with E-state index in [4.69, 9.17) is 15.8 Å². The fraction of sp³-hybridized carbons (Fsp3) is 0. The summed E-state index contributed by atoms with van der Waals surface area (Å²) < 4.78 is 21.6. The van der Waals surface area contributed by atoms with Crippen molar-refractivity contribution in [1.82, 2.24) is 0 Å². The summed E-state index contributed by atoms with van der Waals surface area (Å²) in [5, 5.41) is 9.03. The van der Waals surface area contributed by atoms with Crippen molar-refractivity contribution >= 4 is 26.0 Å². The first kappa shape index (κ1) is 10.0. The molecule has 6 heteroatoms. The molecule has 0 amide bonds. The Hall–Kier alpha value is -1.07. The van der Waals surface area contributed by atoms with Gasteiger partial charge in [-0.2, -0.15) is 0 Å². The van der Waals surface area contributed by atoms with Crippen molar-refractivity contribution < 1.29 is 18.3 Å². The van der Waals surface area contributed by atoms with Gasteiger partial charge in [0.2, 0.25) is 0 Å². The molecule has 0 atom stereocenters. The third kappa shape index (κ3) is 2.19. The van der Waals surface area contributed by atoms with E-state index in [-0.39, 0.29) is 16.2 Å². The molecule has 0 aliphatic carbocycles. The molecule has 1 aromatic rings. The van der Waals surface area contributed by atoms with E-state index >= 15 is 0 Å². The van der Waals surface area contributed by atoms with E-state index in [1.807, 2.05) is 0 Å². The van der Waals surface area contributed by atoms with Crippen LogP contribution < -0.4 is 0 Å².